The highest BCUT2D eigenvalue weighted by Crippen LogP contribution is 2.38. The second-order valence-corrected chi connectivity index (χ2v) is 7.18. The van der Waals surface area contributed by atoms with Gasteiger partial charge in [-0.05, 0) is 50.1 Å². The smallest absolute Gasteiger partial charge is 0.166 e. The third-order valence-corrected chi connectivity index (χ3v) is 4.81. The molecule has 3 rings (SSSR count). The molecule has 0 fully saturated rings. The Morgan fingerprint density at radius 3 is 2.48 bits per heavy atom. The maximum absolute atomic E-state index is 13.0. The minimum absolute atomic E-state index is 0.0452. The van der Waals surface area contributed by atoms with Crippen LogP contribution in [0.4, 0.5) is 0 Å². The molecule has 0 saturated carbocycles. The van der Waals surface area contributed by atoms with Crippen molar-refractivity contribution in [2.45, 2.75) is 38.7 Å². The van der Waals surface area contributed by atoms with E-state index in [-0.39, 0.29) is 17.8 Å². The van der Waals surface area contributed by atoms with Crippen LogP contribution in [0.2, 0.25) is 0 Å². The lowest BCUT2D eigenvalue weighted by molar-refractivity contribution is -0.115. The number of carbonyl (C=O) groups excluding carboxylic acids is 1. The Hall–Kier alpha value is -2.69. The zero-order valence-corrected chi connectivity index (χ0v) is 16.5. The molecule has 27 heavy (non-hydrogen) atoms. The van der Waals surface area contributed by atoms with E-state index in [1.165, 1.54) is 0 Å². The molecule has 1 heterocycles. The number of hydrogen-bond donors (Lipinski definition) is 0. The van der Waals surface area contributed by atoms with E-state index in [1.54, 1.807) is 21.3 Å². The molecular weight excluding hydrogens is 344 g/mol. The molecule has 1 aliphatic carbocycles. The SMILES string of the molecule is COC1=C(C(=O)Cc2ccc(OC)c(OC)c2)CCC2=C1C=CC(C)(C)O2. The fraction of sp³-hybridized carbons (Fsp3) is 0.409. The molecule has 1 aliphatic heterocycles. The van der Waals surface area contributed by atoms with Gasteiger partial charge in [-0.15, -0.1) is 0 Å². The Kier molecular flexibility index (Phi) is 5.31. The maximum Gasteiger partial charge on any atom is 0.166 e. The summed E-state index contributed by atoms with van der Waals surface area (Å²) in [6.07, 6.45) is 5.58. The molecule has 1 aromatic carbocycles. The van der Waals surface area contributed by atoms with Crippen LogP contribution in [0.5, 0.6) is 11.5 Å². The summed E-state index contributed by atoms with van der Waals surface area (Å²) in [5, 5.41) is 0. The van der Waals surface area contributed by atoms with Crippen LogP contribution in [-0.4, -0.2) is 32.7 Å². The quantitative estimate of drug-likeness (QED) is 0.754. The second kappa shape index (κ2) is 7.51. The number of allylic oxidation sites excluding steroid dienone is 3. The first-order valence-electron chi connectivity index (χ1n) is 9.01. The fourth-order valence-corrected chi connectivity index (χ4v) is 3.47. The van der Waals surface area contributed by atoms with Crippen LogP contribution in [0.3, 0.4) is 0 Å². The minimum atomic E-state index is -0.334. The molecule has 2 aliphatic rings. The van der Waals surface area contributed by atoms with Crippen molar-refractivity contribution in [3.63, 3.8) is 0 Å². The first kappa shape index (κ1) is 19.1. The van der Waals surface area contributed by atoms with Crippen molar-refractivity contribution < 1.29 is 23.7 Å². The van der Waals surface area contributed by atoms with Crippen molar-refractivity contribution in [2.24, 2.45) is 0 Å². The van der Waals surface area contributed by atoms with Crippen molar-refractivity contribution >= 4 is 5.78 Å². The number of carbonyl (C=O) groups is 1. The van der Waals surface area contributed by atoms with E-state index >= 15 is 0 Å². The van der Waals surface area contributed by atoms with E-state index in [9.17, 15) is 4.79 Å². The summed E-state index contributed by atoms with van der Waals surface area (Å²) in [5.74, 6) is 2.81. The molecule has 5 nitrogen and oxygen atoms in total. The lowest BCUT2D eigenvalue weighted by Gasteiger charge is -2.33. The van der Waals surface area contributed by atoms with Gasteiger partial charge in [-0.1, -0.05) is 6.07 Å². The Balaban J connectivity index is 1.87. The first-order chi connectivity index (χ1) is 12.9. The summed E-state index contributed by atoms with van der Waals surface area (Å²) in [4.78, 5) is 13.0. The Morgan fingerprint density at radius 2 is 1.81 bits per heavy atom. The summed E-state index contributed by atoms with van der Waals surface area (Å²) < 4.78 is 22.2. The highest BCUT2D eigenvalue weighted by atomic mass is 16.5. The van der Waals surface area contributed by atoms with Gasteiger partial charge >= 0.3 is 0 Å². The fourth-order valence-electron chi connectivity index (χ4n) is 3.47. The van der Waals surface area contributed by atoms with Crippen LogP contribution >= 0.6 is 0 Å². The zero-order valence-electron chi connectivity index (χ0n) is 16.5. The normalized spacial score (nSPS) is 18.0. The third-order valence-electron chi connectivity index (χ3n) is 4.81. The van der Waals surface area contributed by atoms with Gasteiger partial charge in [0.2, 0.25) is 0 Å². The highest BCUT2D eigenvalue weighted by molar-refractivity contribution is 5.98. The van der Waals surface area contributed by atoms with Gasteiger partial charge in [-0.3, -0.25) is 4.79 Å². The molecule has 0 aromatic heterocycles. The first-order valence-corrected chi connectivity index (χ1v) is 9.01. The molecular formula is C22H26O5. The number of rotatable bonds is 6. The largest absolute Gasteiger partial charge is 0.496 e. The monoisotopic (exact) mass is 370 g/mol. The van der Waals surface area contributed by atoms with Gasteiger partial charge in [0.25, 0.3) is 0 Å². The summed E-state index contributed by atoms with van der Waals surface area (Å²) >= 11 is 0. The number of ketones is 1. The molecule has 144 valence electrons. The minimum Gasteiger partial charge on any atom is -0.496 e. The average Bonchev–Trinajstić information content (AvgIpc) is 2.65. The topological polar surface area (TPSA) is 54.0 Å². The standard InChI is InChI=1S/C22H26O5/c1-22(2)11-10-16-18(27-22)9-7-15(21(16)26-5)17(23)12-14-6-8-19(24-3)20(13-14)25-4/h6,8,10-11,13H,7,9,12H2,1-5H3. The summed E-state index contributed by atoms with van der Waals surface area (Å²) in [5.41, 5.74) is 2.12. The third kappa shape index (κ3) is 3.87. The van der Waals surface area contributed by atoms with Gasteiger partial charge < -0.3 is 18.9 Å². The number of hydrogen-bond acceptors (Lipinski definition) is 5. The second-order valence-electron chi connectivity index (χ2n) is 7.18. The lowest BCUT2D eigenvalue weighted by Crippen LogP contribution is -2.27. The average molecular weight is 370 g/mol. The van der Waals surface area contributed by atoms with Crippen LogP contribution in [0.25, 0.3) is 0 Å². The molecule has 0 unspecified atom stereocenters. The number of benzene rings is 1. The molecule has 0 bridgehead atoms. The Labute approximate surface area is 160 Å². The van der Waals surface area contributed by atoms with Gasteiger partial charge in [-0.25, -0.2) is 0 Å². The van der Waals surface area contributed by atoms with E-state index in [1.807, 2.05) is 44.2 Å². The predicted octanol–water partition coefficient (Wildman–Crippen LogP) is 4.13. The number of Topliss-reactive ketones (excluding diaryl/α,β-unsaturated/α-hetero) is 1. The van der Waals surface area contributed by atoms with Crippen molar-refractivity contribution in [1.82, 2.24) is 0 Å². The Bertz CT molecular complexity index is 842. The molecule has 1 aromatic rings. The lowest BCUT2D eigenvalue weighted by atomic mass is 9.88. The van der Waals surface area contributed by atoms with Crippen molar-refractivity contribution in [1.29, 1.82) is 0 Å². The van der Waals surface area contributed by atoms with Crippen molar-refractivity contribution in [3.05, 3.63) is 58.6 Å². The van der Waals surface area contributed by atoms with E-state index in [0.717, 1.165) is 16.9 Å². The molecule has 0 amide bonds. The molecule has 5 heteroatoms. The summed E-state index contributed by atoms with van der Waals surface area (Å²) in [6, 6.07) is 5.53. The van der Waals surface area contributed by atoms with Gasteiger partial charge in [-0.2, -0.15) is 0 Å². The van der Waals surface area contributed by atoms with Gasteiger partial charge in [0.1, 0.15) is 17.1 Å². The zero-order chi connectivity index (χ0) is 19.6. The maximum atomic E-state index is 13.0. The summed E-state index contributed by atoms with van der Waals surface area (Å²) in [6.45, 7) is 4.03. The number of ether oxygens (including phenoxy) is 4. The van der Waals surface area contributed by atoms with Crippen LogP contribution < -0.4 is 9.47 Å². The Morgan fingerprint density at radius 1 is 1.07 bits per heavy atom. The van der Waals surface area contributed by atoms with Gasteiger partial charge in [0.15, 0.2) is 17.3 Å². The molecule has 0 N–H and O–H groups in total. The van der Waals surface area contributed by atoms with Crippen molar-refractivity contribution in [3.8, 4) is 11.5 Å². The van der Waals surface area contributed by atoms with Crippen LogP contribution in [0, 0.1) is 0 Å². The van der Waals surface area contributed by atoms with Crippen LogP contribution in [0.1, 0.15) is 32.3 Å². The predicted molar refractivity (Wildman–Crippen MR) is 103 cm³/mol. The van der Waals surface area contributed by atoms with Crippen LogP contribution in [0.15, 0.2) is 53.0 Å². The van der Waals surface area contributed by atoms with E-state index in [0.29, 0.717) is 35.7 Å². The highest BCUT2D eigenvalue weighted by Gasteiger charge is 2.32. The molecule has 0 radical (unpaired) electrons. The van der Waals surface area contributed by atoms with E-state index in [4.69, 9.17) is 18.9 Å². The molecule has 0 saturated heterocycles. The summed E-state index contributed by atoms with van der Waals surface area (Å²) in [7, 11) is 4.77. The van der Waals surface area contributed by atoms with E-state index < -0.39 is 0 Å². The van der Waals surface area contributed by atoms with Gasteiger partial charge in [0, 0.05) is 18.4 Å². The van der Waals surface area contributed by atoms with E-state index in [2.05, 4.69) is 0 Å². The van der Waals surface area contributed by atoms with Crippen LogP contribution in [-0.2, 0) is 20.7 Å². The number of methoxy groups -OCH3 is 3. The molecule has 0 spiro atoms. The molecule has 0 atom stereocenters. The van der Waals surface area contributed by atoms with Crippen molar-refractivity contribution in [2.75, 3.05) is 21.3 Å². The van der Waals surface area contributed by atoms with Gasteiger partial charge in [0.05, 0.1) is 26.9 Å².